The standard InChI is InChI=1S/C15H28N4/c1-3-9-18-12-17-11-15(18)14(10-16)19(4-2)13-7-5-6-8-13/h11-14H,3-10,16H2,1-2H3. The second-order valence-corrected chi connectivity index (χ2v) is 5.53. The maximum absolute atomic E-state index is 6.09. The first-order valence-corrected chi connectivity index (χ1v) is 7.77. The molecule has 0 aliphatic heterocycles. The number of likely N-dealkylation sites (N-methyl/N-ethyl adjacent to an activating group) is 1. The van der Waals surface area contributed by atoms with Crippen LogP contribution in [0.1, 0.15) is 57.7 Å². The Hall–Kier alpha value is -0.870. The predicted octanol–water partition coefficient (Wildman–Crippen LogP) is 2.56. The van der Waals surface area contributed by atoms with E-state index < -0.39 is 0 Å². The Morgan fingerprint density at radius 2 is 2.16 bits per heavy atom. The molecule has 0 saturated heterocycles. The molecular weight excluding hydrogens is 236 g/mol. The molecule has 4 nitrogen and oxygen atoms in total. The maximum Gasteiger partial charge on any atom is 0.0948 e. The second-order valence-electron chi connectivity index (χ2n) is 5.53. The summed E-state index contributed by atoms with van der Waals surface area (Å²) in [6.45, 7) is 7.24. The zero-order valence-corrected chi connectivity index (χ0v) is 12.4. The van der Waals surface area contributed by atoms with Crippen LogP contribution in [0.25, 0.3) is 0 Å². The van der Waals surface area contributed by atoms with Gasteiger partial charge in [0.05, 0.1) is 18.1 Å². The zero-order valence-electron chi connectivity index (χ0n) is 12.4. The van der Waals surface area contributed by atoms with E-state index in [1.54, 1.807) is 0 Å². The Labute approximate surface area is 117 Å². The molecule has 0 spiro atoms. The molecule has 1 aromatic heterocycles. The normalized spacial score (nSPS) is 18.3. The van der Waals surface area contributed by atoms with Gasteiger partial charge in [0.2, 0.25) is 0 Å². The van der Waals surface area contributed by atoms with E-state index in [0.717, 1.165) is 19.5 Å². The van der Waals surface area contributed by atoms with Crippen LogP contribution < -0.4 is 5.73 Å². The highest BCUT2D eigenvalue weighted by atomic mass is 15.2. The number of hydrogen-bond acceptors (Lipinski definition) is 3. The van der Waals surface area contributed by atoms with Crippen molar-refractivity contribution in [2.24, 2.45) is 5.73 Å². The maximum atomic E-state index is 6.09. The smallest absolute Gasteiger partial charge is 0.0948 e. The van der Waals surface area contributed by atoms with Crippen LogP contribution in [0.3, 0.4) is 0 Å². The summed E-state index contributed by atoms with van der Waals surface area (Å²) in [5, 5.41) is 0. The van der Waals surface area contributed by atoms with Gasteiger partial charge in [0, 0.05) is 25.3 Å². The molecule has 1 heterocycles. The summed E-state index contributed by atoms with van der Waals surface area (Å²) >= 11 is 0. The van der Waals surface area contributed by atoms with E-state index >= 15 is 0 Å². The van der Waals surface area contributed by atoms with E-state index in [1.165, 1.54) is 31.4 Å². The Balaban J connectivity index is 2.18. The Morgan fingerprint density at radius 3 is 2.74 bits per heavy atom. The molecule has 1 aromatic rings. The fourth-order valence-electron chi connectivity index (χ4n) is 3.43. The van der Waals surface area contributed by atoms with Crippen LogP contribution in [0.5, 0.6) is 0 Å². The molecule has 1 unspecified atom stereocenters. The average Bonchev–Trinajstić information content (AvgIpc) is 3.07. The third-order valence-electron chi connectivity index (χ3n) is 4.33. The average molecular weight is 264 g/mol. The lowest BCUT2D eigenvalue weighted by Gasteiger charge is -2.35. The highest BCUT2D eigenvalue weighted by Gasteiger charge is 2.29. The first kappa shape index (κ1) is 14.5. The van der Waals surface area contributed by atoms with Crippen LogP contribution >= 0.6 is 0 Å². The van der Waals surface area contributed by atoms with Gasteiger partial charge in [-0.25, -0.2) is 4.98 Å². The molecule has 1 saturated carbocycles. The molecule has 2 N–H and O–H groups in total. The highest BCUT2D eigenvalue weighted by Crippen LogP contribution is 2.30. The summed E-state index contributed by atoms with van der Waals surface area (Å²) in [4.78, 5) is 6.93. The van der Waals surface area contributed by atoms with Gasteiger partial charge < -0.3 is 10.3 Å². The van der Waals surface area contributed by atoms with E-state index in [1.807, 2.05) is 12.5 Å². The minimum Gasteiger partial charge on any atom is -0.333 e. The van der Waals surface area contributed by atoms with Crippen LogP contribution in [-0.2, 0) is 6.54 Å². The number of nitrogens with zero attached hydrogens (tertiary/aromatic N) is 3. The van der Waals surface area contributed by atoms with Crippen LogP contribution in [0.15, 0.2) is 12.5 Å². The van der Waals surface area contributed by atoms with E-state index in [2.05, 4.69) is 28.3 Å². The van der Waals surface area contributed by atoms with E-state index in [0.29, 0.717) is 18.6 Å². The summed E-state index contributed by atoms with van der Waals surface area (Å²) in [5.74, 6) is 0. The monoisotopic (exact) mass is 264 g/mol. The topological polar surface area (TPSA) is 47.1 Å². The van der Waals surface area contributed by atoms with Gasteiger partial charge in [0.25, 0.3) is 0 Å². The molecule has 1 fully saturated rings. The first-order chi connectivity index (χ1) is 9.31. The summed E-state index contributed by atoms with van der Waals surface area (Å²) < 4.78 is 2.27. The first-order valence-electron chi connectivity index (χ1n) is 7.77. The van der Waals surface area contributed by atoms with E-state index in [-0.39, 0.29) is 0 Å². The van der Waals surface area contributed by atoms with Crippen molar-refractivity contribution in [3.8, 4) is 0 Å². The van der Waals surface area contributed by atoms with Crippen LogP contribution in [0.4, 0.5) is 0 Å². The highest BCUT2D eigenvalue weighted by molar-refractivity contribution is 5.07. The summed E-state index contributed by atoms with van der Waals surface area (Å²) in [5.41, 5.74) is 7.38. The largest absolute Gasteiger partial charge is 0.333 e. The molecular formula is C15H28N4. The van der Waals surface area contributed by atoms with Gasteiger partial charge in [-0.2, -0.15) is 0 Å². The zero-order chi connectivity index (χ0) is 13.7. The number of imidazole rings is 1. The van der Waals surface area contributed by atoms with Crippen molar-refractivity contribution in [3.63, 3.8) is 0 Å². The molecule has 2 rings (SSSR count). The third-order valence-corrected chi connectivity index (χ3v) is 4.33. The number of nitrogens with two attached hydrogens (primary N) is 1. The van der Waals surface area contributed by atoms with Crippen molar-refractivity contribution >= 4 is 0 Å². The Kier molecular flexibility index (Phi) is 5.40. The molecule has 0 bridgehead atoms. The van der Waals surface area contributed by atoms with Crippen LogP contribution in [0, 0.1) is 0 Å². The molecule has 1 aliphatic carbocycles. The van der Waals surface area contributed by atoms with Crippen molar-refractivity contribution in [1.29, 1.82) is 0 Å². The molecule has 1 atom stereocenters. The summed E-state index contributed by atoms with van der Waals surface area (Å²) in [6.07, 6.45) is 10.5. The molecule has 1 aliphatic rings. The van der Waals surface area contributed by atoms with Gasteiger partial charge in [-0.05, 0) is 25.8 Å². The van der Waals surface area contributed by atoms with Crippen molar-refractivity contribution < 1.29 is 0 Å². The second kappa shape index (κ2) is 7.06. The van der Waals surface area contributed by atoms with Crippen LogP contribution in [0.2, 0.25) is 0 Å². The van der Waals surface area contributed by atoms with Crippen molar-refractivity contribution in [1.82, 2.24) is 14.5 Å². The minimum absolute atomic E-state index is 0.321. The van der Waals surface area contributed by atoms with Gasteiger partial charge in [-0.1, -0.05) is 26.7 Å². The number of aromatic nitrogens is 2. The van der Waals surface area contributed by atoms with E-state index in [9.17, 15) is 0 Å². The molecule has 19 heavy (non-hydrogen) atoms. The van der Waals surface area contributed by atoms with Crippen molar-refractivity contribution in [3.05, 3.63) is 18.2 Å². The lowest BCUT2D eigenvalue weighted by molar-refractivity contribution is 0.141. The molecule has 4 heteroatoms. The predicted molar refractivity (Wildman–Crippen MR) is 78.9 cm³/mol. The third kappa shape index (κ3) is 3.18. The minimum atomic E-state index is 0.321. The fraction of sp³-hybridized carbons (Fsp3) is 0.800. The van der Waals surface area contributed by atoms with E-state index in [4.69, 9.17) is 5.73 Å². The van der Waals surface area contributed by atoms with Gasteiger partial charge in [-0.15, -0.1) is 0 Å². The fourth-order valence-corrected chi connectivity index (χ4v) is 3.43. The molecule has 0 aromatic carbocycles. The lowest BCUT2D eigenvalue weighted by Crippen LogP contribution is -2.41. The van der Waals surface area contributed by atoms with Gasteiger partial charge >= 0.3 is 0 Å². The molecule has 0 radical (unpaired) electrons. The van der Waals surface area contributed by atoms with Gasteiger partial charge in [0.1, 0.15) is 0 Å². The lowest BCUT2D eigenvalue weighted by atomic mass is 10.1. The van der Waals surface area contributed by atoms with Crippen molar-refractivity contribution in [2.75, 3.05) is 13.1 Å². The van der Waals surface area contributed by atoms with Crippen LogP contribution in [-0.4, -0.2) is 33.6 Å². The SMILES string of the molecule is CCCn1cncc1C(CN)N(CC)C1CCCC1. The summed E-state index contributed by atoms with van der Waals surface area (Å²) in [7, 11) is 0. The van der Waals surface area contributed by atoms with Gasteiger partial charge in [0.15, 0.2) is 0 Å². The molecule has 108 valence electrons. The number of aryl methyl sites for hydroxylation is 1. The van der Waals surface area contributed by atoms with Crippen molar-refractivity contribution in [2.45, 2.75) is 64.6 Å². The number of rotatable bonds is 7. The Bertz CT molecular complexity index is 368. The Morgan fingerprint density at radius 1 is 1.42 bits per heavy atom. The quantitative estimate of drug-likeness (QED) is 0.823. The number of hydrogen-bond donors (Lipinski definition) is 1. The van der Waals surface area contributed by atoms with Gasteiger partial charge in [-0.3, -0.25) is 4.90 Å². The molecule has 0 amide bonds. The summed E-state index contributed by atoms with van der Waals surface area (Å²) in [6, 6.07) is 1.03.